The predicted molar refractivity (Wildman–Crippen MR) is 105 cm³/mol. The van der Waals surface area contributed by atoms with Crippen molar-refractivity contribution in [2.75, 3.05) is 18.2 Å². The Morgan fingerprint density at radius 2 is 1.77 bits per heavy atom. The molecule has 3 rings (SSSR count). The smallest absolute Gasteiger partial charge is 0.221 e. The highest BCUT2D eigenvalue weighted by Gasteiger charge is 2.11. The van der Waals surface area contributed by atoms with Gasteiger partial charge in [0.05, 0.1) is 7.11 Å². The van der Waals surface area contributed by atoms with Gasteiger partial charge in [-0.25, -0.2) is 4.98 Å². The number of anilines is 2. The van der Waals surface area contributed by atoms with Crippen LogP contribution in [0.1, 0.15) is 29.7 Å². The average molecular weight is 348 g/mol. The molecule has 0 saturated heterocycles. The fourth-order valence-corrected chi connectivity index (χ4v) is 2.83. The Labute approximate surface area is 154 Å². The van der Waals surface area contributed by atoms with Gasteiger partial charge in [-0.1, -0.05) is 42.5 Å². The summed E-state index contributed by atoms with van der Waals surface area (Å²) in [5.41, 5.74) is 9.30. The third-order valence-electron chi connectivity index (χ3n) is 4.38. The van der Waals surface area contributed by atoms with Crippen LogP contribution in [-0.2, 0) is 12.8 Å². The number of hydrogen-bond acceptors (Lipinski definition) is 5. The predicted octanol–water partition coefficient (Wildman–Crippen LogP) is 4.03. The largest absolute Gasteiger partial charge is 0.497 e. The molecule has 5 heteroatoms. The highest BCUT2D eigenvalue weighted by molar-refractivity contribution is 5.48. The van der Waals surface area contributed by atoms with Crippen molar-refractivity contribution in [1.29, 1.82) is 0 Å². The van der Waals surface area contributed by atoms with Crippen molar-refractivity contribution < 1.29 is 4.74 Å². The fraction of sp³-hybridized carbons (Fsp3) is 0.238. The maximum absolute atomic E-state index is 5.81. The average Bonchev–Trinajstić information content (AvgIpc) is 2.68. The van der Waals surface area contributed by atoms with Gasteiger partial charge in [0, 0.05) is 17.8 Å². The second-order valence-corrected chi connectivity index (χ2v) is 6.23. The number of rotatable bonds is 7. The van der Waals surface area contributed by atoms with E-state index in [1.165, 1.54) is 11.1 Å². The van der Waals surface area contributed by atoms with Crippen LogP contribution in [0.25, 0.3) is 0 Å². The molecule has 0 aliphatic heterocycles. The van der Waals surface area contributed by atoms with Gasteiger partial charge in [-0.2, -0.15) is 4.98 Å². The number of nitrogen functional groups attached to an aromatic ring is 1. The van der Waals surface area contributed by atoms with Gasteiger partial charge >= 0.3 is 0 Å². The van der Waals surface area contributed by atoms with Crippen LogP contribution in [0, 0.1) is 0 Å². The number of aromatic nitrogens is 2. The Balaban J connectivity index is 1.72. The van der Waals surface area contributed by atoms with E-state index >= 15 is 0 Å². The molecule has 0 amide bonds. The molecule has 26 heavy (non-hydrogen) atoms. The van der Waals surface area contributed by atoms with Gasteiger partial charge in [0.15, 0.2) is 0 Å². The molecule has 0 aliphatic carbocycles. The summed E-state index contributed by atoms with van der Waals surface area (Å²) in [6.45, 7) is 2.11. The molecule has 0 fully saturated rings. The van der Waals surface area contributed by atoms with E-state index in [0.29, 0.717) is 0 Å². The molecular weight excluding hydrogens is 324 g/mol. The molecule has 3 aromatic rings. The molecule has 1 atom stereocenters. The number of hydrogen-bond donors (Lipinski definition) is 2. The number of nitrogens with zero attached hydrogens (tertiary/aromatic N) is 2. The summed E-state index contributed by atoms with van der Waals surface area (Å²) in [5.74, 6) is 1.94. The number of aryl methyl sites for hydroxylation is 2. The van der Waals surface area contributed by atoms with E-state index in [2.05, 4.69) is 46.5 Å². The van der Waals surface area contributed by atoms with E-state index in [-0.39, 0.29) is 12.0 Å². The molecule has 0 saturated carbocycles. The van der Waals surface area contributed by atoms with Crippen molar-refractivity contribution in [2.24, 2.45) is 0 Å². The van der Waals surface area contributed by atoms with E-state index in [1.807, 2.05) is 36.5 Å². The SMILES string of the molecule is COc1ccc(CCc2cnc(N)nc2NC(C)c2ccccc2)cc1. The second kappa shape index (κ2) is 8.34. The van der Waals surface area contributed by atoms with Gasteiger partial charge in [-0.05, 0) is 43.0 Å². The van der Waals surface area contributed by atoms with Crippen LogP contribution in [0.5, 0.6) is 5.75 Å². The molecular formula is C21H24N4O. The van der Waals surface area contributed by atoms with Crippen molar-refractivity contribution in [3.8, 4) is 5.75 Å². The van der Waals surface area contributed by atoms with Gasteiger partial charge in [-0.3, -0.25) is 0 Å². The summed E-state index contributed by atoms with van der Waals surface area (Å²) in [5, 5.41) is 3.47. The monoisotopic (exact) mass is 348 g/mol. The van der Waals surface area contributed by atoms with Gasteiger partial charge in [0.2, 0.25) is 5.95 Å². The summed E-state index contributed by atoms with van der Waals surface area (Å²) >= 11 is 0. The second-order valence-electron chi connectivity index (χ2n) is 6.23. The number of methoxy groups -OCH3 is 1. The molecule has 3 N–H and O–H groups in total. The molecule has 134 valence electrons. The topological polar surface area (TPSA) is 73.1 Å². The van der Waals surface area contributed by atoms with Crippen LogP contribution in [0.4, 0.5) is 11.8 Å². The van der Waals surface area contributed by atoms with Crippen molar-refractivity contribution in [1.82, 2.24) is 9.97 Å². The first-order chi connectivity index (χ1) is 12.7. The minimum atomic E-state index is 0.130. The van der Waals surface area contributed by atoms with Crippen LogP contribution >= 0.6 is 0 Å². The Hall–Kier alpha value is -3.08. The molecule has 0 radical (unpaired) electrons. The lowest BCUT2D eigenvalue weighted by molar-refractivity contribution is 0.414. The fourth-order valence-electron chi connectivity index (χ4n) is 2.83. The third-order valence-corrected chi connectivity index (χ3v) is 4.38. The molecule has 0 spiro atoms. The van der Waals surface area contributed by atoms with E-state index in [9.17, 15) is 0 Å². The number of ether oxygens (including phenoxy) is 1. The highest BCUT2D eigenvalue weighted by Crippen LogP contribution is 2.22. The Bertz CT molecular complexity index is 834. The Morgan fingerprint density at radius 1 is 1.04 bits per heavy atom. The van der Waals surface area contributed by atoms with Crippen LogP contribution in [0.3, 0.4) is 0 Å². The zero-order valence-electron chi connectivity index (χ0n) is 15.1. The summed E-state index contributed by atoms with van der Waals surface area (Å²) < 4.78 is 5.21. The van der Waals surface area contributed by atoms with E-state index in [4.69, 9.17) is 10.5 Å². The third kappa shape index (κ3) is 4.51. The van der Waals surface area contributed by atoms with E-state index in [0.717, 1.165) is 30.0 Å². The van der Waals surface area contributed by atoms with Crippen molar-refractivity contribution in [3.63, 3.8) is 0 Å². The van der Waals surface area contributed by atoms with Gasteiger partial charge in [0.1, 0.15) is 11.6 Å². The maximum Gasteiger partial charge on any atom is 0.221 e. The van der Waals surface area contributed by atoms with E-state index < -0.39 is 0 Å². The van der Waals surface area contributed by atoms with Crippen molar-refractivity contribution in [3.05, 3.63) is 77.5 Å². The van der Waals surface area contributed by atoms with Crippen LogP contribution in [0.15, 0.2) is 60.8 Å². The van der Waals surface area contributed by atoms with Crippen LogP contribution in [-0.4, -0.2) is 17.1 Å². The van der Waals surface area contributed by atoms with Gasteiger partial charge in [0.25, 0.3) is 0 Å². The maximum atomic E-state index is 5.81. The quantitative estimate of drug-likeness (QED) is 0.674. The molecule has 0 bridgehead atoms. The number of benzene rings is 2. The molecule has 1 unspecified atom stereocenters. The van der Waals surface area contributed by atoms with E-state index in [1.54, 1.807) is 7.11 Å². The van der Waals surface area contributed by atoms with Crippen molar-refractivity contribution in [2.45, 2.75) is 25.8 Å². The first-order valence-electron chi connectivity index (χ1n) is 8.71. The standard InChI is InChI=1S/C21H24N4O/c1-15(17-6-4-3-5-7-17)24-20-18(14-23-21(22)25-20)11-8-16-9-12-19(26-2)13-10-16/h3-7,9-10,12-15H,8,11H2,1-2H3,(H3,22,23,24,25). The zero-order chi connectivity index (χ0) is 18.4. The molecule has 0 aliphatic rings. The Kier molecular flexibility index (Phi) is 5.69. The normalized spacial score (nSPS) is 11.8. The lowest BCUT2D eigenvalue weighted by Gasteiger charge is -2.17. The molecule has 2 aromatic carbocycles. The van der Waals surface area contributed by atoms with Crippen molar-refractivity contribution >= 4 is 11.8 Å². The molecule has 1 aromatic heterocycles. The summed E-state index contributed by atoms with van der Waals surface area (Å²) in [7, 11) is 1.67. The number of nitrogens with two attached hydrogens (primary N) is 1. The van der Waals surface area contributed by atoms with Gasteiger partial charge in [-0.15, -0.1) is 0 Å². The zero-order valence-corrected chi connectivity index (χ0v) is 15.1. The summed E-state index contributed by atoms with van der Waals surface area (Å²) in [6, 6.07) is 18.5. The lowest BCUT2D eigenvalue weighted by atomic mass is 10.0. The number of nitrogens with one attached hydrogen (secondary N) is 1. The van der Waals surface area contributed by atoms with Crippen LogP contribution in [0.2, 0.25) is 0 Å². The lowest BCUT2D eigenvalue weighted by Crippen LogP contribution is -2.12. The molecule has 1 heterocycles. The first kappa shape index (κ1) is 17.7. The first-order valence-corrected chi connectivity index (χ1v) is 8.71. The minimum absolute atomic E-state index is 0.130. The molecule has 5 nitrogen and oxygen atoms in total. The Morgan fingerprint density at radius 3 is 2.46 bits per heavy atom. The minimum Gasteiger partial charge on any atom is -0.497 e. The summed E-state index contributed by atoms with van der Waals surface area (Å²) in [4.78, 5) is 8.58. The van der Waals surface area contributed by atoms with Crippen LogP contribution < -0.4 is 15.8 Å². The highest BCUT2D eigenvalue weighted by atomic mass is 16.5. The van der Waals surface area contributed by atoms with Gasteiger partial charge < -0.3 is 15.8 Å². The summed E-state index contributed by atoms with van der Waals surface area (Å²) in [6.07, 6.45) is 3.54.